The van der Waals surface area contributed by atoms with E-state index in [1.807, 2.05) is 25.1 Å². The number of hydrogen-bond donors (Lipinski definition) is 1. The van der Waals surface area contributed by atoms with Gasteiger partial charge in [-0.25, -0.2) is 4.79 Å². The van der Waals surface area contributed by atoms with Crippen molar-refractivity contribution >= 4 is 11.9 Å². The van der Waals surface area contributed by atoms with Crippen LogP contribution in [0.4, 0.5) is 0 Å². The number of ether oxygens (including phenoxy) is 2. The van der Waals surface area contributed by atoms with Crippen molar-refractivity contribution < 1.29 is 19.1 Å². The molecule has 0 bridgehead atoms. The topological polar surface area (TPSA) is 64.6 Å². The molecule has 0 aromatic heterocycles. The number of amides is 1. The molecular weight excluding hydrogens is 318 g/mol. The van der Waals surface area contributed by atoms with Crippen molar-refractivity contribution in [1.82, 2.24) is 5.32 Å². The molecule has 0 spiro atoms. The maximum atomic E-state index is 11.9. The summed E-state index contributed by atoms with van der Waals surface area (Å²) < 4.78 is 10.1. The quantitative estimate of drug-likeness (QED) is 0.750. The van der Waals surface area contributed by atoms with Crippen molar-refractivity contribution in [3.63, 3.8) is 0 Å². The van der Waals surface area contributed by atoms with Gasteiger partial charge in [0.25, 0.3) is 5.91 Å². The predicted molar refractivity (Wildman–Crippen MR) is 95.6 cm³/mol. The second kappa shape index (κ2) is 9.47. The van der Waals surface area contributed by atoms with Gasteiger partial charge < -0.3 is 14.8 Å². The van der Waals surface area contributed by atoms with E-state index < -0.39 is 5.97 Å². The molecule has 0 radical (unpaired) electrons. The van der Waals surface area contributed by atoms with Crippen LogP contribution in [0, 0.1) is 0 Å². The molecule has 0 fully saturated rings. The zero-order chi connectivity index (χ0) is 18.1. The highest BCUT2D eigenvalue weighted by atomic mass is 16.5. The maximum Gasteiger partial charge on any atom is 0.338 e. The first kappa shape index (κ1) is 18.5. The molecule has 2 aromatic carbocycles. The summed E-state index contributed by atoms with van der Waals surface area (Å²) in [6, 6.07) is 16.6. The van der Waals surface area contributed by atoms with E-state index in [9.17, 15) is 9.59 Å². The molecule has 0 aliphatic heterocycles. The van der Waals surface area contributed by atoms with E-state index in [1.165, 1.54) is 5.56 Å². The molecule has 0 saturated carbocycles. The predicted octanol–water partition coefficient (Wildman–Crippen LogP) is 2.99. The van der Waals surface area contributed by atoms with Gasteiger partial charge in [0.15, 0.2) is 6.61 Å². The minimum atomic E-state index is -0.533. The van der Waals surface area contributed by atoms with E-state index >= 15 is 0 Å². The highest BCUT2D eigenvalue weighted by Crippen LogP contribution is 2.12. The lowest BCUT2D eigenvalue weighted by molar-refractivity contribution is -0.124. The van der Waals surface area contributed by atoms with Gasteiger partial charge >= 0.3 is 5.97 Å². The average Bonchev–Trinajstić information content (AvgIpc) is 2.65. The lowest BCUT2D eigenvalue weighted by Gasteiger charge is -2.14. The molecule has 132 valence electrons. The fraction of sp³-hybridized carbons (Fsp3) is 0.300. The molecule has 0 aliphatic rings. The second-order valence-electron chi connectivity index (χ2n) is 5.80. The molecule has 5 heteroatoms. The Morgan fingerprint density at radius 3 is 2.36 bits per heavy atom. The standard InChI is InChI=1S/C20H23NO4/c1-15(8-9-16-6-4-3-5-7-16)21-19(22)14-25-20(23)17-10-12-18(24-2)13-11-17/h3-7,10-13,15H,8-9,14H2,1-2H3,(H,21,22)/t15-/m1/s1. The van der Waals surface area contributed by atoms with Gasteiger partial charge in [-0.3, -0.25) is 4.79 Å². The first-order valence-electron chi connectivity index (χ1n) is 8.23. The van der Waals surface area contributed by atoms with E-state index in [2.05, 4.69) is 17.4 Å². The third-order valence-electron chi connectivity index (χ3n) is 3.78. The summed E-state index contributed by atoms with van der Waals surface area (Å²) in [5, 5.41) is 2.84. The molecule has 0 saturated heterocycles. The number of rotatable bonds is 8. The molecule has 2 rings (SSSR count). The van der Waals surface area contributed by atoms with Crippen molar-refractivity contribution in [1.29, 1.82) is 0 Å². The van der Waals surface area contributed by atoms with Crippen molar-refractivity contribution in [3.8, 4) is 5.75 Å². The number of esters is 1. The Balaban J connectivity index is 1.71. The first-order chi connectivity index (χ1) is 12.1. The minimum absolute atomic E-state index is 0.00685. The Morgan fingerprint density at radius 2 is 1.72 bits per heavy atom. The Morgan fingerprint density at radius 1 is 1.04 bits per heavy atom. The summed E-state index contributed by atoms with van der Waals surface area (Å²) in [4.78, 5) is 23.8. The number of nitrogens with one attached hydrogen (secondary N) is 1. The van der Waals surface area contributed by atoms with E-state index in [1.54, 1.807) is 31.4 Å². The van der Waals surface area contributed by atoms with Crippen molar-refractivity contribution in [2.45, 2.75) is 25.8 Å². The number of hydrogen-bond acceptors (Lipinski definition) is 4. The van der Waals surface area contributed by atoms with Crippen LogP contribution in [0.2, 0.25) is 0 Å². The van der Waals surface area contributed by atoms with E-state index in [0.29, 0.717) is 11.3 Å². The largest absolute Gasteiger partial charge is 0.497 e. The van der Waals surface area contributed by atoms with Crippen molar-refractivity contribution in [2.24, 2.45) is 0 Å². The number of carbonyl (C=O) groups excluding carboxylic acids is 2. The number of aryl methyl sites for hydroxylation is 1. The maximum absolute atomic E-state index is 11.9. The van der Waals surface area contributed by atoms with Crippen LogP contribution in [0.25, 0.3) is 0 Å². The van der Waals surface area contributed by atoms with Crippen LogP contribution in [0.1, 0.15) is 29.3 Å². The molecule has 0 aliphatic carbocycles. The summed E-state index contributed by atoms with van der Waals surface area (Å²) in [6.07, 6.45) is 1.70. The Kier molecular flexibility index (Phi) is 7.01. The van der Waals surface area contributed by atoms with Crippen LogP contribution in [0.15, 0.2) is 54.6 Å². The Bertz CT molecular complexity index is 683. The van der Waals surface area contributed by atoms with Gasteiger partial charge in [0, 0.05) is 6.04 Å². The Labute approximate surface area is 148 Å². The SMILES string of the molecule is COc1ccc(C(=O)OCC(=O)N[C@H](C)CCc2ccccc2)cc1. The number of carbonyl (C=O) groups is 2. The van der Waals surface area contributed by atoms with E-state index in [4.69, 9.17) is 9.47 Å². The van der Waals surface area contributed by atoms with Gasteiger partial charge in [0.1, 0.15) is 5.75 Å². The van der Waals surface area contributed by atoms with Crippen molar-refractivity contribution in [2.75, 3.05) is 13.7 Å². The summed E-state index contributed by atoms with van der Waals surface area (Å²) in [5.74, 6) is -0.182. The monoisotopic (exact) mass is 341 g/mol. The van der Waals surface area contributed by atoms with Crippen LogP contribution in [-0.2, 0) is 16.0 Å². The molecule has 25 heavy (non-hydrogen) atoms. The van der Waals surface area contributed by atoms with Gasteiger partial charge in [-0.2, -0.15) is 0 Å². The summed E-state index contributed by atoms with van der Waals surface area (Å²) in [5.41, 5.74) is 1.61. The molecule has 1 N–H and O–H groups in total. The number of methoxy groups -OCH3 is 1. The lowest BCUT2D eigenvalue weighted by Crippen LogP contribution is -2.36. The minimum Gasteiger partial charge on any atom is -0.497 e. The van der Waals surface area contributed by atoms with Crippen molar-refractivity contribution in [3.05, 3.63) is 65.7 Å². The number of benzene rings is 2. The van der Waals surface area contributed by atoms with Crippen LogP contribution in [0.3, 0.4) is 0 Å². The van der Waals surface area contributed by atoms with Gasteiger partial charge in [0.2, 0.25) is 0 Å². The molecule has 1 amide bonds. The van der Waals surface area contributed by atoms with E-state index in [-0.39, 0.29) is 18.6 Å². The Hall–Kier alpha value is -2.82. The molecule has 5 nitrogen and oxygen atoms in total. The highest BCUT2D eigenvalue weighted by Gasteiger charge is 2.12. The lowest BCUT2D eigenvalue weighted by atomic mass is 10.1. The van der Waals surface area contributed by atoms with Crippen LogP contribution in [0.5, 0.6) is 5.75 Å². The van der Waals surface area contributed by atoms with Gasteiger partial charge in [-0.15, -0.1) is 0 Å². The highest BCUT2D eigenvalue weighted by molar-refractivity contribution is 5.91. The fourth-order valence-corrected chi connectivity index (χ4v) is 2.36. The first-order valence-corrected chi connectivity index (χ1v) is 8.23. The molecule has 0 heterocycles. The van der Waals surface area contributed by atoms with E-state index in [0.717, 1.165) is 12.8 Å². The third kappa shape index (κ3) is 6.30. The summed E-state index contributed by atoms with van der Waals surface area (Å²) >= 11 is 0. The zero-order valence-corrected chi connectivity index (χ0v) is 14.5. The third-order valence-corrected chi connectivity index (χ3v) is 3.78. The average molecular weight is 341 g/mol. The van der Waals surface area contributed by atoms with Gasteiger partial charge in [-0.1, -0.05) is 30.3 Å². The zero-order valence-electron chi connectivity index (χ0n) is 14.5. The second-order valence-corrected chi connectivity index (χ2v) is 5.80. The molecule has 2 aromatic rings. The van der Waals surface area contributed by atoms with Crippen LogP contribution >= 0.6 is 0 Å². The molecule has 0 unspecified atom stereocenters. The summed E-state index contributed by atoms with van der Waals surface area (Å²) in [7, 11) is 1.55. The fourth-order valence-electron chi connectivity index (χ4n) is 2.36. The molecular formula is C20H23NO4. The summed E-state index contributed by atoms with van der Waals surface area (Å²) in [6.45, 7) is 1.65. The van der Waals surface area contributed by atoms with Crippen LogP contribution < -0.4 is 10.1 Å². The van der Waals surface area contributed by atoms with Gasteiger partial charge in [0.05, 0.1) is 12.7 Å². The van der Waals surface area contributed by atoms with Gasteiger partial charge in [-0.05, 0) is 49.6 Å². The van der Waals surface area contributed by atoms with Crippen LogP contribution in [-0.4, -0.2) is 31.6 Å². The molecule has 1 atom stereocenters. The smallest absolute Gasteiger partial charge is 0.338 e. The normalized spacial score (nSPS) is 11.4.